The molecule has 4 nitrogen and oxygen atoms in total. The van der Waals surface area contributed by atoms with E-state index in [1.54, 1.807) is 0 Å². The molecule has 0 aliphatic heterocycles. The molecule has 0 spiro atoms. The van der Waals surface area contributed by atoms with Crippen molar-refractivity contribution in [2.24, 2.45) is 0 Å². The molecule has 0 amide bonds. The summed E-state index contributed by atoms with van der Waals surface area (Å²) in [6, 6.07) is 76.0. The number of benzene rings is 9. The molecular weight excluding hydrogens is 777 g/mol. The normalized spacial score (nSPS) is 12.8. The van der Waals surface area contributed by atoms with Gasteiger partial charge in [0.25, 0.3) is 0 Å². The largest absolute Gasteiger partial charge is 0.310 e. The summed E-state index contributed by atoms with van der Waals surface area (Å²) in [5.41, 5.74) is 18.2. The molecule has 4 aromatic heterocycles. The topological polar surface area (TPSA) is 19.7 Å². The van der Waals surface area contributed by atoms with Gasteiger partial charge in [0.15, 0.2) is 0 Å². The van der Waals surface area contributed by atoms with E-state index in [4.69, 9.17) is 0 Å². The van der Waals surface area contributed by atoms with Crippen LogP contribution in [0.5, 0.6) is 0 Å². The third-order valence-corrected chi connectivity index (χ3v) is 13.8. The summed E-state index contributed by atoms with van der Waals surface area (Å²) >= 11 is 0. The van der Waals surface area contributed by atoms with Gasteiger partial charge in [-0.2, -0.15) is 0 Å². The molecule has 0 N–H and O–H groups in total. The molecule has 14 rings (SSSR count). The van der Waals surface area contributed by atoms with Crippen LogP contribution in [-0.2, 0) is 6.42 Å². The molecule has 64 heavy (non-hydrogen) atoms. The first-order valence-corrected chi connectivity index (χ1v) is 22.3. The van der Waals surface area contributed by atoms with Crippen molar-refractivity contribution in [1.82, 2.24) is 18.3 Å². The van der Waals surface area contributed by atoms with E-state index in [0.717, 1.165) is 35.5 Å². The van der Waals surface area contributed by atoms with Crippen molar-refractivity contribution < 1.29 is 0 Å². The Morgan fingerprint density at radius 2 is 0.781 bits per heavy atom. The minimum Gasteiger partial charge on any atom is -0.310 e. The number of hydrogen-bond acceptors (Lipinski definition) is 0. The van der Waals surface area contributed by atoms with Crippen LogP contribution in [0.4, 0.5) is 0 Å². The Morgan fingerprint density at radius 1 is 0.312 bits per heavy atom. The summed E-state index contributed by atoms with van der Waals surface area (Å²) in [5.74, 6) is 0. The van der Waals surface area contributed by atoms with Crippen molar-refractivity contribution in [2.45, 2.75) is 12.8 Å². The molecule has 9 aromatic carbocycles. The predicted octanol–water partition coefficient (Wildman–Crippen LogP) is 15.5. The molecule has 13 aromatic rings. The van der Waals surface area contributed by atoms with Gasteiger partial charge in [-0.1, -0.05) is 133 Å². The highest BCUT2D eigenvalue weighted by molar-refractivity contribution is 6.20. The first-order chi connectivity index (χ1) is 31.8. The maximum absolute atomic E-state index is 2.49. The zero-order valence-electron chi connectivity index (χ0n) is 35.0. The van der Waals surface area contributed by atoms with Crippen molar-refractivity contribution in [3.05, 3.63) is 224 Å². The summed E-state index contributed by atoms with van der Waals surface area (Å²) in [6.45, 7) is 0. The Kier molecular flexibility index (Phi) is 7.48. The molecule has 0 saturated heterocycles. The van der Waals surface area contributed by atoms with E-state index >= 15 is 0 Å². The lowest BCUT2D eigenvalue weighted by Crippen LogP contribution is -2.01. The lowest BCUT2D eigenvalue weighted by atomic mass is 9.99. The van der Waals surface area contributed by atoms with Crippen molar-refractivity contribution in [3.8, 4) is 33.9 Å². The second-order valence-electron chi connectivity index (χ2n) is 17.2. The van der Waals surface area contributed by atoms with Gasteiger partial charge in [-0.15, -0.1) is 0 Å². The van der Waals surface area contributed by atoms with Crippen molar-refractivity contribution >= 4 is 82.4 Å². The summed E-state index contributed by atoms with van der Waals surface area (Å²) in [7, 11) is 0. The summed E-state index contributed by atoms with van der Waals surface area (Å²) in [6.07, 6.45) is 6.72. The monoisotopic (exact) mass is 816 g/mol. The molecular formula is C60H40N4. The van der Waals surface area contributed by atoms with E-state index in [0.29, 0.717) is 0 Å². The van der Waals surface area contributed by atoms with Crippen molar-refractivity contribution in [1.29, 1.82) is 0 Å². The van der Waals surface area contributed by atoms with Crippen LogP contribution in [-0.4, -0.2) is 18.3 Å². The van der Waals surface area contributed by atoms with Gasteiger partial charge in [-0.25, -0.2) is 0 Å². The van der Waals surface area contributed by atoms with Gasteiger partial charge in [0.1, 0.15) is 0 Å². The van der Waals surface area contributed by atoms with Crippen LogP contribution in [0.3, 0.4) is 0 Å². The van der Waals surface area contributed by atoms with E-state index < -0.39 is 0 Å². The van der Waals surface area contributed by atoms with Gasteiger partial charge in [-0.3, -0.25) is 0 Å². The fraction of sp³-hybridized carbons (Fsp3) is 0.0333. The van der Waals surface area contributed by atoms with E-state index in [-0.39, 0.29) is 0 Å². The van der Waals surface area contributed by atoms with Crippen LogP contribution in [0.2, 0.25) is 0 Å². The maximum atomic E-state index is 2.49. The summed E-state index contributed by atoms with van der Waals surface area (Å²) in [5, 5.41) is 8.93. The SMILES string of the molecule is C1=Cc2c(c3c(ccc4c5ccccc5n(-c5ccccc5)c43)n2-c2ccc(-c3cc(-n4c5ccccc5c5ccccc54)cc(-n4c5ccccc5c5ccccc54)c3)cc2)CC1. The van der Waals surface area contributed by atoms with Gasteiger partial charge in [0, 0.05) is 66.1 Å². The van der Waals surface area contributed by atoms with Crippen LogP contribution in [0.15, 0.2) is 212 Å². The van der Waals surface area contributed by atoms with Crippen LogP contribution < -0.4 is 0 Å². The number of rotatable bonds is 5. The van der Waals surface area contributed by atoms with Gasteiger partial charge in [-0.05, 0) is 114 Å². The first kappa shape index (κ1) is 35.3. The predicted molar refractivity (Wildman–Crippen MR) is 269 cm³/mol. The zero-order chi connectivity index (χ0) is 41.9. The molecule has 0 radical (unpaired) electrons. The van der Waals surface area contributed by atoms with Crippen molar-refractivity contribution in [2.75, 3.05) is 0 Å². The third kappa shape index (κ3) is 4.99. The average Bonchev–Trinajstić information content (AvgIpc) is 4.09. The quantitative estimate of drug-likeness (QED) is 0.165. The van der Waals surface area contributed by atoms with Crippen LogP contribution in [0.25, 0.3) is 116 Å². The van der Waals surface area contributed by atoms with Gasteiger partial charge in [0.05, 0.1) is 38.6 Å². The highest BCUT2D eigenvalue weighted by Crippen LogP contribution is 2.44. The highest BCUT2D eigenvalue weighted by Gasteiger charge is 2.25. The minimum absolute atomic E-state index is 1.00. The molecule has 4 heteroatoms. The maximum Gasteiger partial charge on any atom is 0.0638 e. The molecule has 0 saturated carbocycles. The molecule has 4 heterocycles. The highest BCUT2D eigenvalue weighted by atomic mass is 15.0. The van der Waals surface area contributed by atoms with Crippen LogP contribution in [0.1, 0.15) is 17.7 Å². The molecule has 1 aliphatic carbocycles. The lowest BCUT2D eigenvalue weighted by Gasteiger charge is -2.16. The molecule has 0 fully saturated rings. The average molecular weight is 817 g/mol. The molecule has 0 unspecified atom stereocenters. The number of fused-ring (bicyclic) bond motifs is 13. The van der Waals surface area contributed by atoms with E-state index in [1.165, 1.54) is 98.8 Å². The smallest absolute Gasteiger partial charge is 0.0638 e. The standard InChI is InChI=1S/C60H40N4/c1-2-16-41(17-3-1)64-56-28-14-8-22-49(56)50-34-35-58-59(60(50)64)51-23-9-15-29-57(51)61(58)42-32-30-39(31-33-42)40-36-43(62-52-24-10-4-18-45(52)46-19-5-11-25-53(46)62)38-44(37-40)63-54-26-12-6-20-47(54)48-21-7-13-27-55(48)63/h1-8,10-22,24-38H,9,23H2. The molecule has 0 atom stereocenters. The second kappa shape index (κ2) is 13.6. The molecule has 300 valence electrons. The fourth-order valence-corrected chi connectivity index (χ4v) is 11.1. The zero-order valence-corrected chi connectivity index (χ0v) is 35.0. The van der Waals surface area contributed by atoms with Crippen molar-refractivity contribution in [3.63, 3.8) is 0 Å². The molecule has 0 bridgehead atoms. The molecule has 1 aliphatic rings. The lowest BCUT2D eigenvalue weighted by molar-refractivity contribution is 0.967. The fourth-order valence-electron chi connectivity index (χ4n) is 11.1. The first-order valence-electron chi connectivity index (χ1n) is 22.3. The Balaban J connectivity index is 0.994. The van der Waals surface area contributed by atoms with E-state index in [1.807, 2.05) is 0 Å². The Morgan fingerprint density at radius 3 is 1.33 bits per heavy atom. The number of para-hydroxylation sites is 6. The Labute approximate surface area is 369 Å². The minimum atomic E-state index is 1.00. The summed E-state index contributed by atoms with van der Waals surface area (Å²) < 4.78 is 9.87. The van der Waals surface area contributed by atoms with Gasteiger partial charge >= 0.3 is 0 Å². The third-order valence-electron chi connectivity index (χ3n) is 13.8. The van der Waals surface area contributed by atoms with Gasteiger partial charge < -0.3 is 18.3 Å². The van der Waals surface area contributed by atoms with E-state index in [9.17, 15) is 0 Å². The number of hydrogen-bond donors (Lipinski definition) is 0. The van der Waals surface area contributed by atoms with Gasteiger partial charge in [0.2, 0.25) is 0 Å². The Hall–Kier alpha value is -8.34. The number of aromatic nitrogens is 4. The van der Waals surface area contributed by atoms with Crippen LogP contribution >= 0.6 is 0 Å². The second-order valence-corrected chi connectivity index (χ2v) is 17.2. The van der Waals surface area contributed by atoms with Crippen LogP contribution in [0, 0.1) is 0 Å². The number of allylic oxidation sites excluding steroid dienone is 1. The summed E-state index contributed by atoms with van der Waals surface area (Å²) in [4.78, 5) is 0. The number of nitrogens with zero attached hydrogens (tertiary/aromatic N) is 4. The number of aryl methyl sites for hydroxylation is 1. The van der Waals surface area contributed by atoms with E-state index in [2.05, 4.69) is 237 Å². The Bertz CT molecular complexity index is 3820.